The van der Waals surface area contributed by atoms with Crippen molar-refractivity contribution in [1.82, 2.24) is 20.8 Å². The quantitative estimate of drug-likeness (QED) is 0.705. The number of sulfone groups is 1. The number of carbonyl (C=O) groups excluding carboxylic acids is 2. The van der Waals surface area contributed by atoms with E-state index in [-0.39, 0.29) is 22.5 Å². The van der Waals surface area contributed by atoms with Crippen LogP contribution in [0.1, 0.15) is 6.42 Å². The highest BCUT2D eigenvalue weighted by atomic mass is 32.2. The van der Waals surface area contributed by atoms with Gasteiger partial charge >= 0.3 is 6.03 Å². The van der Waals surface area contributed by atoms with Crippen LogP contribution in [0.4, 0.5) is 4.79 Å². The van der Waals surface area contributed by atoms with Crippen LogP contribution in [0.25, 0.3) is 10.8 Å². The molecule has 0 aromatic carbocycles. The van der Waals surface area contributed by atoms with Gasteiger partial charge in [0.1, 0.15) is 0 Å². The molecule has 1 aliphatic rings. The van der Waals surface area contributed by atoms with Gasteiger partial charge in [0, 0.05) is 6.04 Å². The summed E-state index contributed by atoms with van der Waals surface area (Å²) in [5.41, 5.74) is 0. The first-order valence-corrected chi connectivity index (χ1v) is 10.9. The van der Waals surface area contributed by atoms with Crippen LogP contribution in [0.2, 0.25) is 0 Å². The summed E-state index contributed by atoms with van der Waals surface area (Å²) in [6.45, 7) is 0. The van der Waals surface area contributed by atoms with Gasteiger partial charge in [-0.05, 0) is 17.9 Å². The maximum absolute atomic E-state index is 11.8. The molecule has 0 saturated carbocycles. The number of hydrogen-bond donors (Lipinski definition) is 2. The molecule has 3 rings (SSSR count). The number of carbonyl (C=O) groups is 2. The molecule has 134 valence electrons. The van der Waals surface area contributed by atoms with E-state index in [1.54, 1.807) is 0 Å². The van der Waals surface area contributed by atoms with Crippen molar-refractivity contribution in [2.24, 2.45) is 0 Å². The van der Waals surface area contributed by atoms with Gasteiger partial charge in [-0.25, -0.2) is 13.2 Å². The molecule has 0 unspecified atom stereocenters. The van der Waals surface area contributed by atoms with Crippen molar-refractivity contribution in [3.8, 4) is 10.8 Å². The van der Waals surface area contributed by atoms with E-state index >= 15 is 0 Å². The van der Waals surface area contributed by atoms with E-state index in [0.717, 1.165) is 16.6 Å². The Balaban J connectivity index is 1.43. The molecule has 1 fully saturated rings. The lowest BCUT2D eigenvalue weighted by molar-refractivity contribution is -0.117. The maximum atomic E-state index is 11.8. The molecule has 0 bridgehead atoms. The van der Waals surface area contributed by atoms with Gasteiger partial charge in [-0.3, -0.25) is 10.1 Å². The van der Waals surface area contributed by atoms with Gasteiger partial charge in [-0.1, -0.05) is 17.8 Å². The summed E-state index contributed by atoms with van der Waals surface area (Å²) in [5, 5.41) is 14.4. The van der Waals surface area contributed by atoms with Crippen molar-refractivity contribution in [3.63, 3.8) is 0 Å². The molecule has 0 spiro atoms. The largest absolute Gasteiger partial charge is 0.410 e. The average molecular weight is 402 g/mol. The molecule has 9 nitrogen and oxygen atoms in total. The number of amides is 3. The van der Waals surface area contributed by atoms with Crippen molar-refractivity contribution in [2.45, 2.75) is 17.7 Å². The minimum Gasteiger partial charge on any atom is -0.410 e. The Hall–Kier alpha value is -1.92. The molecule has 25 heavy (non-hydrogen) atoms. The lowest BCUT2D eigenvalue weighted by Crippen LogP contribution is -2.45. The van der Waals surface area contributed by atoms with Gasteiger partial charge in [0.25, 0.3) is 11.1 Å². The van der Waals surface area contributed by atoms with Crippen molar-refractivity contribution >= 4 is 44.9 Å². The summed E-state index contributed by atoms with van der Waals surface area (Å²) < 4.78 is 28.1. The standard InChI is InChI=1S/C13H14N4O5S3/c18-10(15-12(19)14-8-3-5-25(20,21)7-8)6-24-13-17-16-11(22-13)9-2-1-4-23-9/h1-2,4,8H,3,5-7H2,(H2,14,15,18,19)/t8-/m1/s1. The fraction of sp³-hybridized carbons (Fsp3) is 0.385. The van der Waals surface area contributed by atoms with Crippen LogP contribution in [-0.2, 0) is 14.6 Å². The lowest BCUT2D eigenvalue weighted by atomic mass is 10.3. The number of urea groups is 1. The molecule has 2 aromatic rings. The van der Waals surface area contributed by atoms with Gasteiger partial charge in [0.15, 0.2) is 9.84 Å². The highest BCUT2D eigenvalue weighted by Crippen LogP contribution is 2.26. The minimum atomic E-state index is -3.09. The second-order valence-corrected chi connectivity index (χ2v) is 9.36. The summed E-state index contributed by atoms with van der Waals surface area (Å²) >= 11 is 2.46. The van der Waals surface area contributed by atoms with E-state index in [2.05, 4.69) is 20.8 Å². The summed E-state index contributed by atoms with van der Waals surface area (Å²) in [6.07, 6.45) is 0.353. The Bertz CT molecular complexity index is 862. The topological polar surface area (TPSA) is 131 Å². The summed E-state index contributed by atoms with van der Waals surface area (Å²) in [6, 6.07) is 2.53. The SMILES string of the molecule is O=C(CSc1nnc(-c2cccs2)o1)NC(=O)N[C@@H]1CCS(=O)(=O)C1. The molecule has 0 radical (unpaired) electrons. The fourth-order valence-corrected chi connectivity index (χ4v) is 5.07. The Labute approximate surface area is 151 Å². The number of hydrogen-bond acceptors (Lipinski definition) is 9. The van der Waals surface area contributed by atoms with E-state index in [9.17, 15) is 18.0 Å². The van der Waals surface area contributed by atoms with Gasteiger partial charge in [-0.2, -0.15) is 0 Å². The zero-order chi connectivity index (χ0) is 17.9. The molecule has 12 heteroatoms. The zero-order valence-corrected chi connectivity index (χ0v) is 15.2. The van der Waals surface area contributed by atoms with Crippen LogP contribution in [0.5, 0.6) is 0 Å². The normalized spacial score (nSPS) is 18.8. The molecule has 2 N–H and O–H groups in total. The third kappa shape index (κ3) is 5.03. The van der Waals surface area contributed by atoms with E-state index in [1.165, 1.54) is 11.3 Å². The van der Waals surface area contributed by atoms with Crippen LogP contribution in [0.3, 0.4) is 0 Å². The number of imide groups is 1. The summed E-state index contributed by atoms with van der Waals surface area (Å²) in [4.78, 5) is 24.3. The second-order valence-electron chi connectivity index (χ2n) is 5.26. The van der Waals surface area contributed by atoms with Crippen LogP contribution in [-0.4, -0.2) is 53.9 Å². The number of nitrogens with one attached hydrogen (secondary N) is 2. The van der Waals surface area contributed by atoms with Crippen molar-refractivity contribution in [1.29, 1.82) is 0 Å². The predicted molar refractivity (Wildman–Crippen MR) is 92.1 cm³/mol. The highest BCUT2D eigenvalue weighted by molar-refractivity contribution is 7.99. The monoisotopic (exact) mass is 402 g/mol. The van der Waals surface area contributed by atoms with Gasteiger partial charge in [0.2, 0.25) is 5.91 Å². The van der Waals surface area contributed by atoms with Gasteiger partial charge in [0.05, 0.1) is 22.1 Å². The molecule has 1 atom stereocenters. The van der Waals surface area contributed by atoms with E-state index in [1.807, 2.05) is 17.5 Å². The Morgan fingerprint density at radius 3 is 2.92 bits per heavy atom. The van der Waals surface area contributed by atoms with E-state index in [0.29, 0.717) is 12.3 Å². The first-order valence-electron chi connectivity index (χ1n) is 7.22. The number of thioether (sulfide) groups is 1. The number of nitrogens with zero attached hydrogens (tertiary/aromatic N) is 2. The summed E-state index contributed by atoms with van der Waals surface area (Å²) in [5.74, 6) is -0.303. The average Bonchev–Trinajstić information content (AvgIpc) is 3.25. The van der Waals surface area contributed by atoms with Gasteiger partial charge in [-0.15, -0.1) is 21.5 Å². The third-order valence-electron chi connectivity index (χ3n) is 3.29. The molecule has 2 aromatic heterocycles. The molecule has 1 aliphatic heterocycles. The van der Waals surface area contributed by atoms with Crippen molar-refractivity contribution in [3.05, 3.63) is 17.5 Å². The van der Waals surface area contributed by atoms with Crippen molar-refractivity contribution in [2.75, 3.05) is 17.3 Å². The lowest BCUT2D eigenvalue weighted by Gasteiger charge is -2.10. The van der Waals surface area contributed by atoms with Crippen LogP contribution in [0.15, 0.2) is 27.2 Å². The van der Waals surface area contributed by atoms with Crippen LogP contribution >= 0.6 is 23.1 Å². The molecule has 3 heterocycles. The van der Waals surface area contributed by atoms with Crippen LogP contribution in [0, 0.1) is 0 Å². The highest BCUT2D eigenvalue weighted by Gasteiger charge is 2.29. The Morgan fingerprint density at radius 2 is 2.24 bits per heavy atom. The zero-order valence-electron chi connectivity index (χ0n) is 12.8. The smallest absolute Gasteiger partial charge is 0.321 e. The van der Waals surface area contributed by atoms with Crippen LogP contribution < -0.4 is 10.6 Å². The summed E-state index contributed by atoms with van der Waals surface area (Å²) in [7, 11) is -3.09. The number of aromatic nitrogens is 2. The minimum absolute atomic E-state index is 0.0471. The second kappa shape index (κ2) is 7.54. The first kappa shape index (κ1) is 17.9. The Kier molecular flexibility index (Phi) is 5.39. The number of thiophene rings is 1. The predicted octanol–water partition coefficient (Wildman–Crippen LogP) is 0.903. The molecule has 0 aliphatic carbocycles. The molecular formula is C13H14N4O5S3. The molecule has 3 amide bonds. The fourth-order valence-electron chi connectivity index (χ4n) is 2.19. The van der Waals surface area contributed by atoms with Crippen molar-refractivity contribution < 1.29 is 22.4 Å². The molecular weight excluding hydrogens is 388 g/mol. The van der Waals surface area contributed by atoms with E-state index < -0.39 is 27.8 Å². The first-order chi connectivity index (χ1) is 11.9. The number of rotatable bonds is 5. The third-order valence-corrected chi connectivity index (χ3v) is 6.73. The maximum Gasteiger partial charge on any atom is 0.321 e. The van der Waals surface area contributed by atoms with E-state index in [4.69, 9.17) is 4.42 Å². The Morgan fingerprint density at radius 1 is 1.40 bits per heavy atom. The molecule has 1 saturated heterocycles. The van der Waals surface area contributed by atoms with Gasteiger partial charge < -0.3 is 9.73 Å².